The van der Waals surface area contributed by atoms with E-state index < -0.39 is 0 Å². The molecule has 0 saturated heterocycles. The summed E-state index contributed by atoms with van der Waals surface area (Å²) in [4.78, 5) is 4.37. The van der Waals surface area contributed by atoms with Gasteiger partial charge in [-0.15, -0.1) is 10.2 Å². The molecule has 25 heavy (non-hydrogen) atoms. The molecular weight excluding hydrogens is 340 g/mol. The van der Waals surface area contributed by atoms with Crippen molar-refractivity contribution in [2.24, 2.45) is 0 Å². The van der Waals surface area contributed by atoms with E-state index >= 15 is 0 Å². The predicted octanol–water partition coefficient (Wildman–Crippen LogP) is 3.93. The second-order valence-electron chi connectivity index (χ2n) is 6.62. The van der Waals surface area contributed by atoms with Gasteiger partial charge >= 0.3 is 0 Å². The Balaban J connectivity index is 1.52. The number of ether oxygens (including phenoxy) is 1. The van der Waals surface area contributed by atoms with Crippen molar-refractivity contribution >= 4 is 11.8 Å². The van der Waals surface area contributed by atoms with Crippen molar-refractivity contribution in [2.45, 2.75) is 50.7 Å². The highest BCUT2D eigenvalue weighted by molar-refractivity contribution is 7.98. The van der Waals surface area contributed by atoms with Crippen LogP contribution >= 0.6 is 11.8 Å². The molecule has 1 aromatic carbocycles. The van der Waals surface area contributed by atoms with Crippen molar-refractivity contribution in [3.05, 3.63) is 47.4 Å². The van der Waals surface area contributed by atoms with Crippen LogP contribution in [0.1, 0.15) is 43.9 Å². The summed E-state index contributed by atoms with van der Waals surface area (Å²) in [6.07, 6.45) is 0. The minimum atomic E-state index is -0.166. The summed E-state index contributed by atoms with van der Waals surface area (Å²) in [6, 6.07) is 7.80. The summed E-state index contributed by atoms with van der Waals surface area (Å²) >= 11 is 1.36. The van der Waals surface area contributed by atoms with Gasteiger partial charge in [-0.3, -0.25) is 0 Å². The zero-order valence-electron chi connectivity index (χ0n) is 14.6. The number of thioether (sulfide) groups is 1. The third-order valence-electron chi connectivity index (χ3n) is 3.23. The molecule has 0 amide bonds. The zero-order chi connectivity index (χ0) is 17.9. The quantitative estimate of drug-likeness (QED) is 0.611. The number of nitrogens with zero attached hydrogens (tertiary/aromatic N) is 4. The minimum Gasteiger partial charge on any atom is -0.484 e. The summed E-state index contributed by atoms with van der Waals surface area (Å²) in [5, 5.41) is 12.4. The summed E-state index contributed by atoms with van der Waals surface area (Å²) in [5.41, 5.74) is 0.967. The first-order chi connectivity index (χ1) is 11.9. The smallest absolute Gasteiger partial charge is 0.277 e. The molecule has 0 fully saturated rings. The zero-order valence-corrected chi connectivity index (χ0v) is 15.5. The largest absolute Gasteiger partial charge is 0.484 e. The maximum atomic E-state index is 5.64. The first-order valence-corrected chi connectivity index (χ1v) is 8.86. The molecule has 0 atom stereocenters. The Labute approximate surface area is 150 Å². The van der Waals surface area contributed by atoms with Crippen molar-refractivity contribution in [1.29, 1.82) is 0 Å². The molecule has 0 aliphatic rings. The molecule has 8 heteroatoms. The summed E-state index contributed by atoms with van der Waals surface area (Å²) in [5.74, 6) is 2.91. The van der Waals surface area contributed by atoms with Crippen molar-refractivity contribution < 1.29 is 13.7 Å². The first kappa shape index (κ1) is 17.5. The number of aryl methyl sites for hydroxylation is 1. The Morgan fingerprint density at radius 1 is 1.20 bits per heavy atom. The molecule has 0 unspecified atom stereocenters. The van der Waals surface area contributed by atoms with Crippen LogP contribution < -0.4 is 4.74 Å². The Morgan fingerprint density at radius 3 is 2.76 bits per heavy atom. The van der Waals surface area contributed by atoms with Gasteiger partial charge in [0.25, 0.3) is 11.1 Å². The number of benzene rings is 1. The molecule has 0 aliphatic carbocycles. The van der Waals surface area contributed by atoms with Crippen molar-refractivity contribution in [3.8, 4) is 5.75 Å². The second-order valence-corrected chi connectivity index (χ2v) is 7.55. The standard InChI is InChI=1S/C17H20N4O3S/c1-11-6-5-7-12(8-11)22-9-14-19-20-16(23-14)25-10-13-18-15(24-21-13)17(2,3)4/h5-8H,9-10H2,1-4H3. The van der Waals surface area contributed by atoms with Crippen LogP contribution in [-0.4, -0.2) is 20.3 Å². The van der Waals surface area contributed by atoms with Crippen LogP contribution in [0, 0.1) is 6.92 Å². The molecule has 0 bridgehead atoms. The van der Waals surface area contributed by atoms with Crippen LogP contribution in [0.5, 0.6) is 5.75 Å². The predicted molar refractivity (Wildman–Crippen MR) is 92.4 cm³/mol. The molecule has 0 spiro atoms. The molecule has 2 aromatic heterocycles. The van der Waals surface area contributed by atoms with E-state index in [4.69, 9.17) is 13.7 Å². The maximum Gasteiger partial charge on any atom is 0.277 e. The van der Waals surface area contributed by atoms with Crippen LogP contribution in [0.2, 0.25) is 0 Å². The Kier molecular flexibility index (Phi) is 5.08. The van der Waals surface area contributed by atoms with Gasteiger partial charge in [0.1, 0.15) is 5.75 Å². The van der Waals surface area contributed by atoms with E-state index in [2.05, 4.69) is 20.3 Å². The van der Waals surface area contributed by atoms with Gasteiger partial charge in [-0.1, -0.05) is 49.8 Å². The first-order valence-electron chi connectivity index (χ1n) is 7.88. The fraction of sp³-hybridized carbons (Fsp3) is 0.412. The highest BCUT2D eigenvalue weighted by Crippen LogP contribution is 2.24. The van der Waals surface area contributed by atoms with Crippen molar-refractivity contribution in [2.75, 3.05) is 0 Å². The van der Waals surface area contributed by atoms with E-state index in [1.165, 1.54) is 11.8 Å². The summed E-state index contributed by atoms with van der Waals surface area (Å²) in [6.45, 7) is 8.31. The van der Waals surface area contributed by atoms with Gasteiger partial charge in [-0.25, -0.2) is 0 Å². The van der Waals surface area contributed by atoms with Gasteiger partial charge in [0, 0.05) is 5.41 Å². The van der Waals surface area contributed by atoms with Gasteiger partial charge in [-0.2, -0.15) is 4.98 Å². The van der Waals surface area contributed by atoms with Crippen LogP contribution in [0.3, 0.4) is 0 Å². The van der Waals surface area contributed by atoms with E-state index in [-0.39, 0.29) is 12.0 Å². The molecule has 0 aliphatic heterocycles. The van der Waals surface area contributed by atoms with Gasteiger partial charge in [0.2, 0.25) is 5.89 Å². The molecule has 3 aromatic rings. The van der Waals surface area contributed by atoms with Crippen LogP contribution in [-0.2, 0) is 17.8 Å². The van der Waals surface area contributed by atoms with E-state index in [0.29, 0.717) is 28.6 Å². The lowest BCUT2D eigenvalue weighted by Gasteiger charge is -2.10. The van der Waals surface area contributed by atoms with E-state index in [1.807, 2.05) is 52.0 Å². The normalized spacial score (nSPS) is 11.7. The van der Waals surface area contributed by atoms with E-state index in [0.717, 1.165) is 11.3 Å². The fourth-order valence-corrected chi connectivity index (χ4v) is 2.57. The molecule has 2 heterocycles. The third kappa shape index (κ3) is 4.82. The second kappa shape index (κ2) is 7.26. The number of hydrogen-bond acceptors (Lipinski definition) is 8. The van der Waals surface area contributed by atoms with Gasteiger partial charge < -0.3 is 13.7 Å². The minimum absolute atomic E-state index is 0.166. The van der Waals surface area contributed by atoms with Crippen LogP contribution in [0.25, 0.3) is 0 Å². The van der Waals surface area contributed by atoms with Crippen LogP contribution in [0.4, 0.5) is 0 Å². The Bertz CT molecular complexity index is 838. The lowest BCUT2D eigenvalue weighted by atomic mass is 9.97. The van der Waals surface area contributed by atoms with E-state index in [9.17, 15) is 0 Å². The van der Waals surface area contributed by atoms with E-state index in [1.54, 1.807) is 0 Å². The average molecular weight is 360 g/mol. The molecule has 0 saturated carbocycles. The van der Waals surface area contributed by atoms with Crippen molar-refractivity contribution in [1.82, 2.24) is 20.3 Å². The molecule has 3 rings (SSSR count). The topological polar surface area (TPSA) is 87.1 Å². The molecular formula is C17H20N4O3S. The lowest BCUT2D eigenvalue weighted by Crippen LogP contribution is -2.11. The highest BCUT2D eigenvalue weighted by Gasteiger charge is 2.22. The average Bonchev–Trinajstić information content (AvgIpc) is 3.20. The number of hydrogen-bond donors (Lipinski definition) is 0. The molecule has 0 radical (unpaired) electrons. The Morgan fingerprint density at radius 2 is 2.04 bits per heavy atom. The van der Waals surface area contributed by atoms with Gasteiger partial charge in [0.15, 0.2) is 12.4 Å². The maximum absolute atomic E-state index is 5.64. The van der Waals surface area contributed by atoms with Gasteiger partial charge in [-0.05, 0) is 24.6 Å². The summed E-state index contributed by atoms with van der Waals surface area (Å²) < 4.78 is 16.5. The monoisotopic (exact) mass is 360 g/mol. The summed E-state index contributed by atoms with van der Waals surface area (Å²) in [7, 11) is 0. The Hall–Kier alpha value is -2.35. The van der Waals surface area contributed by atoms with Crippen LogP contribution in [0.15, 0.2) is 38.4 Å². The highest BCUT2D eigenvalue weighted by atomic mass is 32.2. The van der Waals surface area contributed by atoms with Crippen molar-refractivity contribution in [3.63, 3.8) is 0 Å². The fourth-order valence-electron chi connectivity index (χ4n) is 1.95. The molecule has 132 valence electrons. The number of aromatic nitrogens is 4. The number of rotatable bonds is 6. The van der Waals surface area contributed by atoms with Gasteiger partial charge in [0.05, 0.1) is 5.75 Å². The SMILES string of the molecule is Cc1cccc(OCc2nnc(SCc3noc(C(C)(C)C)n3)o2)c1. The third-order valence-corrected chi connectivity index (χ3v) is 4.05. The molecule has 0 N–H and O–H groups in total. The lowest BCUT2D eigenvalue weighted by molar-refractivity contribution is 0.252. The molecule has 7 nitrogen and oxygen atoms in total.